The minimum absolute atomic E-state index is 0.0278. The lowest BCUT2D eigenvalue weighted by atomic mass is 10.1. The van der Waals surface area contributed by atoms with Crippen molar-refractivity contribution in [1.82, 2.24) is 34.5 Å². The first-order valence-electron chi connectivity index (χ1n) is 22.7. The van der Waals surface area contributed by atoms with Gasteiger partial charge in [0.15, 0.2) is 18.1 Å². The van der Waals surface area contributed by atoms with Crippen molar-refractivity contribution in [1.29, 1.82) is 0 Å². The first-order chi connectivity index (χ1) is 31.5. The number of esters is 2. The van der Waals surface area contributed by atoms with Gasteiger partial charge in [-0.1, -0.05) is 0 Å². The third-order valence-electron chi connectivity index (χ3n) is 11.9. The molecule has 3 aliphatic rings. The zero-order chi connectivity index (χ0) is 47.7. The summed E-state index contributed by atoms with van der Waals surface area (Å²) in [6.07, 6.45) is -2.56. The van der Waals surface area contributed by atoms with Gasteiger partial charge in [0, 0.05) is 102 Å². The van der Waals surface area contributed by atoms with E-state index in [1.54, 1.807) is 38.7 Å². The number of H-pyrrole nitrogens is 1. The SMILES string of the molecule is CCOC(=O)CN1CCN(CCNC(=O)[C@H]2O[C@@H](n3ccc(=O)[nH]c3=O)[C@@H]3OC(C)(C)O[C@@H]32)CCN(CC(=O)N(CC)c2cc3oc(=O)cc(C)c3cc2C)CCN(CC(=O)OCC)CC1. The molecular formula is C45H64N8O13. The van der Waals surface area contributed by atoms with Crippen LogP contribution in [0.2, 0.25) is 0 Å². The fourth-order valence-electron chi connectivity index (χ4n) is 8.64. The molecule has 5 heterocycles. The average molecular weight is 925 g/mol. The number of benzene rings is 1. The summed E-state index contributed by atoms with van der Waals surface area (Å²) in [5.74, 6) is -2.46. The molecular weight excluding hydrogens is 861 g/mol. The van der Waals surface area contributed by atoms with Gasteiger partial charge in [-0.3, -0.25) is 53.1 Å². The lowest BCUT2D eigenvalue weighted by Gasteiger charge is -2.34. The second kappa shape index (κ2) is 22.5. The minimum atomic E-state index is -1.14. The van der Waals surface area contributed by atoms with Crippen molar-refractivity contribution in [3.05, 3.63) is 72.8 Å². The molecule has 2 N–H and O–H groups in total. The van der Waals surface area contributed by atoms with E-state index in [0.29, 0.717) is 76.7 Å². The maximum absolute atomic E-state index is 14.3. The van der Waals surface area contributed by atoms with E-state index in [1.165, 1.54) is 22.9 Å². The molecule has 0 saturated carbocycles. The van der Waals surface area contributed by atoms with E-state index >= 15 is 0 Å². The zero-order valence-corrected chi connectivity index (χ0v) is 39.0. The van der Waals surface area contributed by atoms with Crippen molar-refractivity contribution in [3.8, 4) is 0 Å². The number of hydrogen-bond acceptors (Lipinski definition) is 17. The van der Waals surface area contributed by atoms with Crippen LogP contribution < -0.4 is 27.1 Å². The van der Waals surface area contributed by atoms with Gasteiger partial charge in [0.1, 0.15) is 17.8 Å². The molecule has 2 aromatic heterocycles. The predicted octanol–water partition coefficient (Wildman–Crippen LogP) is 0.194. The largest absolute Gasteiger partial charge is 0.465 e. The number of aryl methyl sites for hydroxylation is 2. The zero-order valence-electron chi connectivity index (χ0n) is 39.0. The predicted molar refractivity (Wildman–Crippen MR) is 241 cm³/mol. The van der Waals surface area contributed by atoms with Crippen LogP contribution in [0.4, 0.5) is 5.69 Å². The quantitative estimate of drug-likeness (QED) is 0.153. The minimum Gasteiger partial charge on any atom is -0.465 e. The van der Waals surface area contributed by atoms with E-state index in [2.05, 4.69) is 15.2 Å². The highest BCUT2D eigenvalue weighted by Gasteiger charge is 2.58. The Morgan fingerprint density at radius 1 is 0.788 bits per heavy atom. The number of ether oxygens (including phenoxy) is 5. The smallest absolute Gasteiger partial charge is 0.336 e. The van der Waals surface area contributed by atoms with Gasteiger partial charge in [-0.2, -0.15) is 0 Å². The molecule has 3 aromatic rings. The van der Waals surface area contributed by atoms with E-state index in [1.807, 2.05) is 41.5 Å². The highest BCUT2D eigenvalue weighted by molar-refractivity contribution is 5.98. The van der Waals surface area contributed by atoms with Gasteiger partial charge in [0.25, 0.3) is 11.5 Å². The standard InChI is InChI=1S/C45H64N8O13/c1-8-52(32-25-33-31(23-30(32)5)29(4)24-36(56)63-33)35(55)26-49-17-15-48(16-18-50(27-37(57)61-9-2)21-22-51(20-19-49)28-38(58)62-10-3)14-12-46-42(59)40-39-41(66-45(6,7)65-39)43(64-40)53-13-11-34(54)47-44(53)60/h11,13,23-25,39-41,43H,8-10,12,14-22,26-28H2,1-7H3,(H,46,59)(H,47,54,60)/t39-,40+,41-,43-/m1/s1. The molecule has 3 fully saturated rings. The van der Waals surface area contributed by atoms with Gasteiger partial charge in [0.05, 0.1) is 38.5 Å². The summed E-state index contributed by atoms with van der Waals surface area (Å²) in [5, 5.41) is 3.76. The summed E-state index contributed by atoms with van der Waals surface area (Å²) >= 11 is 0. The fourth-order valence-corrected chi connectivity index (χ4v) is 8.64. The molecule has 362 valence electrons. The molecule has 0 aliphatic carbocycles. The van der Waals surface area contributed by atoms with E-state index in [0.717, 1.165) is 16.5 Å². The number of hydrogen-bond donors (Lipinski definition) is 2. The van der Waals surface area contributed by atoms with Crippen molar-refractivity contribution in [2.75, 3.05) is 110 Å². The van der Waals surface area contributed by atoms with E-state index in [-0.39, 0.29) is 57.2 Å². The number of carbonyl (C=O) groups is 4. The highest BCUT2D eigenvalue weighted by Crippen LogP contribution is 2.42. The Morgan fingerprint density at radius 3 is 1.94 bits per heavy atom. The van der Waals surface area contributed by atoms with Gasteiger partial charge in [-0.25, -0.2) is 9.59 Å². The number of carbonyl (C=O) groups excluding carboxylic acids is 4. The Bertz CT molecular complexity index is 2380. The number of nitrogens with zero attached hydrogens (tertiary/aromatic N) is 6. The molecule has 2 amide bonds. The Kier molecular flexibility index (Phi) is 17.1. The summed E-state index contributed by atoms with van der Waals surface area (Å²) in [4.78, 5) is 103. The van der Waals surface area contributed by atoms with Gasteiger partial charge >= 0.3 is 23.3 Å². The monoisotopic (exact) mass is 924 g/mol. The summed E-state index contributed by atoms with van der Waals surface area (Å²) in [6.45, 7) is 17.5. The van der Waals surface area contributed by atoms with Crippen LogP contribution in [0.1, 0.15) is 52.0 Å². The van der Waals surface area contributed by atoms with Crippen molar-refractivity contribution >= 4 is 40.4 Å². The first-order valence-corrected chi connectivity index (χ1v) is 22.7. The fraction of sp³-hybridized carbons (Fsp3) is 0.622. The lowest BCUT2D eigenvalue weighted by molar-refractivity contribution is -0.198. The van der Waals surface area contributed by atoms with Crippen LogP contribution in [0.25, 0.3) is 11.0 Å². The number of rotatable bonds is 15. The van der Waals surface area contributed by atoms with Crippen molar-refractivity contribution in [3.63, 3.8) is 0 Å². The molecule has 3 saturated heterocycles. The van der Waals surface area contributed by atoms with Crippen molar-refractivity contribution in [2.45, 2.75) is 78.8 Å². The Labute approximate surface area is 382 Å². The third-order valence-corrected chi connectivity index (χ3v) is 11.9. The molecule has 0 spiro atoms. The van der Waals surface area contributed by atoms with E-state index in [9.17, 15) is 33.6 Å². The average Bonchev–Trinajstić information content (AvgIpc) is 3.75. The van der Waals surface area contributed by atoms with Crippen LogP contribution >= 0.6 is 0 Å². The van der Waals surface area contributed by atoms with Crippen LogP contribution in [0.3, 0.4) is 0 Å². The molecule has 3 aliphatic heterocycles. The Morgan fingerprint density at radius 2 is 1.36 bits per heavy atom. The molecule has 0 bridgehead atoms. The van der Waals surface area contributed by atoms with E-state index < -0.39 is 53.1 Å². The molecule has 21 heteroatoms. The van der Waals surface area contributed by atoms with Crippen LogP contribution in [-0.2, 0) is 42.9 Å². The summed E-state index contributed by atoms with van der Waals surface area (Å²) in [5.41, 5.74) is 0.886. The Balaban J connectivity index is 1.20. The first kappa shape index (κ1) is 50.1. The van der Waals surface area contributed by atoms with Gasteiger partial charge < -0.3 is 38.3 Å². The number of anilines is 1. The second-order valence-corrected chi connectivity index (χ2v) is 17.1. The maximum Gasteiger partial charge on any atom is 0.336 e. The van der Waals surface area contributed by atoms with Crippen molar-refractivity contribution < 1.29 is 47.3 Å². The van der Waals surface area contributed by atoms with Crippen LogP contribution in [-0.4, -0.2) is 182 Å². The third kappa shape index (κ3) is 12.8. The van der Waals surface area contributed by atoms with Gasteiger partial charge in [0.2, 0.25) is 5.91 Å². The molecule has 0 radical (unpaired) electrons. The number of aromatic nitrogens is 2. The number of amides is 2. The number of fused-ring (bicyclic) bond motifs is 2. The maximum atomic E-state index is 14.3. The molecule has 4 atom stereocenters. The number of nitrogens with one attached hydrogen (secondary N) is 2. The topological polar surface area (TPSA) is 228 Å². The number of aromatic amines is 1. The van der Waals surface area contributed by atoms with Crippen molar-refractivity contribution in [2.24, 2.45) is 0 Å². The molecule has 6 rings (SSSR count). The lowest BCUT2D eigenvalue weighted by Crippen LogP contribution is -2.51. The molecule has 66 heavy (non-hydrogen) atoms. The van der Waals surface area contributed by atoms with Crippen LogP contribution in [0, 0.1) is 13.8 Å². The van der Waals surface area contributed by atoms with Crippen LogP contribution in [0.15, 0.2) is 49.3 Å². The van der Waals surface area contributed by atoms with Crippen LogP contribution in [0.5, 0.6) is 0 Å². The summed E-state index contributed by atoms with van der Waals surface area (Å²) in [6, 6.07) is 6.29. The highest BCUT2D eigenvalue weighted by atomic mass is 16.8. The van der Waals surface area contributed by atoms with E-state index in [4.69, 9.17) is 28.1 Å². The summed E-state index contributed by atoms with van der Waals surface area (Å²) < 4.78 is 35.6. The van der Waals surface area contributed by atoms with Gasteiger partial charge in [-0.15, -0.1) is 0 Å². The summed E-state index contributed by atoms with van der Waals surface area (Å²) in [7, 11) is 0. The van der Waals surface area contributed by atoms with Gasteiger partial charge in [-0.05, 0) is 65.7 Å². The molecule has 0 unspecified atom stereocenters. The Hall–Kier alpha value is -5.29. The number of likely N-dealkylation sites (N-methyl/N-ethyl adjacent to an activating group) is 1. The second-order valence-electron chi connectivity index (χ2n) is 17.1. The molecule has 1 aromatic carbocycles. The normalized spacial score (nSPS) is 22.3. The molecule has 21 nitrogen and oxygen atoms in total.